The minimum Gasteiger partial charge on any atom is -0.454 e. The van der Waals surface area contributed by atoms with Gasteiger partial charge < -0.3 is 20.5 Å². The van der Waals surface area contributed by atoms with Crippen LogP contribution in [-0.4, -0.2) is 12.7 Å². The molecule has 0 saturated carbocycles. The molecule has 0 fully saturated rings. The molecule has 7 heteroatoms. The second-order valence-electron chi connectivity index (χ2n) is 5.21. The summed E-state index contributed by atoms with van der Waals surface area (Å²) in [5.41, 5.74) is 6.96. The second-order valence-corrected chi connectivity index (χ2v) is 6.58. The number of hydrogen-bond acceptors (Lipinski definition) is 5. The van der Waals surface area contributed by atoms with Crippen LogP contribution in [0.5, 0.6) is 11.5 Å². The topological polar surface area (TPSA) is 73.6 Å². The van der Waals surface area contributed by atoms with Crippen molar-refractivity contribution in [3.05, 3.63) is 34.0 Å². The number of aryl methyl sites for hydroxylation is 2. The molecule has 3 N–H and O–H groups in total. The Kier molecular flexibility index (Phi) is 5.74. The van der Waals surface area contributed by atoms with Gasteiger partial charge in [-0.2, -0.15) is 0 Å². The summed E-state index contributed by atoms with van der Waals surface area (Å²) in [6, 6.07) is 7.60. The number of anilines is 2. The lowest BCUT2D eigenvalue weighted by Gasteiger charge is -2.09. The van der Waals surface area contributed by atoms with Crippen LogP contribution in [-0.2, 0) is 11.2 Å². The van der Waals surface area contributed by atoms with Gasteiger partial charge in [0.2, 0.25) is 12.7 Å². The van der Waals surface area contributed by atoms with E-state index in [-0.39, 0.29) is 25.1 Å². The molecule has 1 aromatic carbocycles. The summed E-state index contributed by atoms with van der Waals surface area (Å²) in [6.45, 7) is 2.27. The molecule has 0 radical (unpaired) electrons. The summed E-state index contributed by atoms with van der Waals surface area (Å²) in [5, 5.41) is 2.84. The Morgan fingerprint density at radius 1 is 1.30 bits per heavy atom. The molecule has 5 nitrogen and oxygen atoms in total. The third kappa shape index (κ3) is 4.30. The van der Waals surface area contributed by atoms with Crippen molar-refractivity contribution in [2.45, 2.75) is 26.2 Å². The summed E-state index contributed by atoms with van der Waals surface area (Å²) in [4.78, 5) is 14.6. The van der Waals surface area contributed by atoms with Crippen LogP contribution < -0.4 is 20.5 Å². The minimum atomic E-state index is -0.0427. The molecule has 0 saturated heterocycles. The Morgan fingerprint density at radius 3 is 2.74 bits per heavy atom. The molecule has 0 atom stereocenters. The first-order chi connectivity index (χ1) is 10.6. The molecule has 2 heterocycles. The van der Waals surface area contributed by atoms with E-state index in [2.05, 4.69) is 24.4 Å². The largest absolute Gasteiger partial charge is 0.454 e. The summed E-state index contributed by atoms with van der Waals surface area (Å²) in [7, 11) is 0. The highest BCUT2D eigenvalue weighted by atomic mass is 35.5. The molecular weight excluding hydrogens is 336 g/mol. The predicted molar refractivity (Wildman–Crippen MR) is 94.8 cm³/mol. The van der Waals surface area contributed by atoms with E-state index in [1.807, 2.05) is 0 Å². The zero-order valence-electron chi connectivity index (χ0n) is 12.8. The quantitative estimate of drug-likeness (QED) is 0.802. The van der Waals surface area contributed by atoms with E-state index in [1.165, 1.54) is 9.75 Å². The van der Waals surface area contributed by atoms with Gasteiger partial charge in [0.05, 0.1) is 11.4 Å². The molecule has 1 aliphatic heterocycles. The van der Waals surface area contributed by atoms with E-state index in [1.54, 1.807) is 23.5 Å². The summed E-state index contributed by atoms with van der Waals surface area (Å²) in [5.74, 6) is 1.18. The molecule has 23 heavy (non-hydrogen) atoms. The summed E-state index contributed by atoms with van der Waals surface area (Å²) >= 11 is 1.78. The van der Waals surface area contributed by atoms with Crippen LogP contribution in [0.15, 0.2) is 24.3 Å². The highest BCUT2D eigenvalue weighted by molar-refractivity contribution is 7.11. The maximum atomic E-state index is 12.0. The van der Waals surface area contributed by atoms with Crippen LogP contribution in [0.4, 0.5) is 11.4 Å². The van der Waals surface area contributed by atoms with Crippen LogP contribution in [0, 0.1) is 6.92 Å². The van der Waals surface area contributed by atoms with E-state index in [4.69, 9.17) is 15.2 Å². The first kappa shape index (κ1) is 17.4. The third-order valence-electron chi connectivity index (χ3n) is 3.44. The van der Waals surface area contributed by atoms with Gasteiger partial charge in [-0.05, 0) is 31.9 Å². The van der Waals surface area contributed by atoms with E-state index >= 15 is 0 Å². The van der Waals surface area contributed by atoms with Gasteiger partial charge in [0, 0.05) is 28.3 Å². The lowest BCUT2D eigenvalue weighted by molar-refractivity contribution is -0.116. The molecule has 3 rings (SSSR count). The standard InChI is InChI=1S/C16H18N2O3S.ClH/c1-10-5-6-11(22-10)3-2-4-16(19)18-13-8-15-14(7-12(13)17)20-9-21-15;/h5-8H,2-4,9,17H2,1H3,(H,18,19);1H. The molecule has 1 aliphatic rings. The number of thiophene rings is 1. The minimum absolute atomic E-state index is 0. The smallest absolute Gasteiger partial charge is 0.231 e. The van der Waals surface area contributed by atoms with Gasteiger partial charge in [0.25, 0.3) is 0 Å². The normalized spacial score (nSPS) is 11.9. The average Bonchev–Trinajstić information content (AvgIpc) is 3.08. The van der Waals surface area contributed by atoms with Gasteiger partial charge in [-0.25, -0.2) is 0 Å². The van der Waals surface area contributed by atoms with Crippen molar-refractivity contribution in [2.24, 2.45) is 0 Å². The second kappa shape index (κ2) is 7.57. The molecule has 2 aromatic rings. The SMILES string of the molecule is Cc1ccc(CCCC(=O)Nc2cc3c(cc2N)OCO3)s1.Cl. The van der Waals surface area contributed by atoms with E-state index in [0.717, 1.165) is 12.8 Å². The van der Waals surface area contributed by atoms with Gasteiger partial charge in [0.15, 0.2) is 11.5 Å². The van der Waals surface area contributed by atoms with Crippen molar-refractivity contribution in [3.63, 3.8) is 0 Å². The van der Waals surface area contributed by atoms with E-state index in [9.17, 15) is 4.79 Å². The Hall–Kier alpha value is -1.92. The van der Waals surface area contributed by atoms with Gasteiger partial charge in [-0.3, -0.25) is 4.79 Å². The van der Waals surface area contributed by atoms with Gasteiger partial charge >= 0.3 is 0 Å². The molecule has 0 spiro atoms. The number of carbonyl (C=O) groups excluding carboxylic acids is 1. The molecule has 0 unspecified atom stereocenters. The van der Waals surface area contributed by atoms with Crippen molar-refractivity contribution < 1.29 is 14.3 Å². The number of nitrogen functional groups attached to an aromatic ring is 1. The summed E-state index contributed by atoms with van der Waals surface area (Å²) < 4.78 is 10.5. The van der Waals surface area contributed by atoms with Gasteiger partial charge in [-0.15, -0.1) is 23.7 Å². The van der Waals surface area contributed by atoms with Crippen LogP contribution in [0.25, 0.3) is 0 Å². The Bertz CT molecular complexity index is 703. The molecule has 0 aliphatic carbocycles. The Morgan fingerprint density at radius 2 is 2.04 bits per heavy atom. The number of ether oxygens (including phenoxy) is 2. The number of rotatable bonds is 5. The van der Waals surface area contributed by atoms with Crippen LogP contribution >= 0.6 is 23.7 Å². The van der Waals surface area contributed by atoms with Gasteiger partial charge in [-0.1, -0.05) is 0 Å². The molecular formula is C16H19ClN2O3S. The lowest BCUT2D eigenvalue weighted by atomic mass is 10.2. The van der Waals surface area contributed by atoms with Crippen molar-refractivity contribution in [1.82, 2.24) is 0 Å². The highest BCUT2D eigenvalue weighted by Gasteiger charge is 2.17. The Labute approximate surface area is 145 Å². The fourth-order valence-electron chi connectivity index (χ4n) is 2.32. The third-order valence-corrected chi connectivity index (χ3v) is 4.50. The number of halogens is 1. The average molecular weight is 355 g/mol. The first-order valence-corrected chi connectivity index (χ1v) is 7.98. The maximum absolute atomic E-state index is 12.0. The predicted octanol–water partition coefficient (Wildman–Crippen LogP) is 3.75. The number of nitrogens with two attached hydrogens (primary N) is 1. The monoisotopic (exact) mass is 354 g/mol. The van der Waals surface area contributed by atoms with Crippen LogP contribution in [0.2, 0.25) is 0 Å². The Balaban J connectivity index is 0.00000192. The maximum Gasteiger partial charge on any atom is 0.231 e. The van der Waals surface area contributed by atoms with Crippen molar-refractivity contribution in [1.29, 1.82) is 0 Å². The van der Waals surface area contributed by atoms with E-state index < -0.39 is 0 Å². The molecule has 1 amide bonds. The number of benzene rings is 1. The zero-order chi connectivity index (χ0) is 15.5. The van der Waals surface area contributed by atoms with Crippen LogP contribution in [0.3, 0.4) is 0 Å². The molecule has 0 bridgehead atoms. The van der Waals surface area contributed by atoms with Crippen molar-refractivity contribution in [2.75, 3.05) is 17.8 Å². The lowest BCUT2D eigenvalue weighted by Crippen LogP contribution is -2.12. The number of amides is 1. The number of fused-ring (bicyclic) bond motifs is 1. The molecule has 1 aromatic heterocycles. The number of nitrogens with one attached hydrogen (secondary N) is 1. The number of hydrogen-bond donors (Lipinski definition) is 2. The highest BCUT2D eigenvalue weighted by Crippen LogP contribution is 2.38. The number of carbonyl (C=O) groups is 1. The molecule has 124 valence electrons. The van der Waals surface area contributed by atoms with Crippen LogP contribution in [0.1, 0.15) is 22.6 Å². The first-order valence-electron chi connectivity index (χ1n) is 7.16. The van der Waals surface area contributed by atoms with Crippen molar-refractivity contribution in [3.8, 4) is 11.5 Å². The fourth-order valence-corrected chi connectivity index (χ4v) is 3.25. The van der Waals surface area contributed by atoms with Crippen molar-refractivity contribution >= 4 is 41.0 Å². The summed E-state index contributed by atoms with van der Waals surface area (Å²) in [6.07, 6.45) is 2.20. The van der Waals surface area contributed by atoms with Gasteiger partial charge in [0.1, 0.15) is 0 Å². The fraction of sp³-hybridized carbons (Fsp3) is 0.312. The van der Waals surface area contributed by atoms with E-state index in [0.29, 0.717) is 29.3 Å². The zero-order valence-corrected chi connectivity index (χ0v) is 14.4.